The lowest BCUT2D eigenvalue weighted by Gasteiger charge is -2.20. The summed E-state index contributed by atoms with van der Waals surface area (Å²) >= 11 is 0. The summed E-state index contributed by atoms with van der Waals surface area (Å²) in [4.78, 5) is 5.98. The van der Waals surface area contributed by atoms with E-state index in [-0.39, 0.29) is 6.04 Å². The summed E-state index contributed by atoms with van der Waals surface area (Å²) in [7, 11) is 2.02. The lowest BCUT2D eigenvalue weighted by Crippen LogP contribution is -2.37. The summed E-state index contributed by atoms with van der Waals surface area (Å²) in [6.45, 7) is 6.43. The van der Waals surface area contributed by atoms with E-state index in [4.69, 9.17) is 0 Å². The number of likely N-dealkylation sites (N-methyl/N-ethyl adjacent to an activating group) is 1. The van der Waals surface area contributed by atoms with Gasteiger partial charge in [-0.05, 0) is 32.6 Å². The van der Waals surface area contributed by atoms with Crippen LogP contribution < -0.4 is 5.32 Å². The van der Waals surface area contributed by atoms with Crippen LogP contribution in [0.2, 0.25) is 0 Å². The number of alkyl halides is 3. The number of halogens is 3. The van der Waals surface area contributed by atoms with Gasteiger partial charge in [0.2, 0.25) is 0 Å². The number of nitrogens with zero attached hydrogens (tertiary/aromatic N) is 2. The third kappa shape index (κ3) is 5.57. The van der Waals surface area contributed by atoms with Gasteiger partial charge >= 0.3 is 6.18 Å². The van der Waals surface area contributed by atoms with Crippen molar-refractivity contribution < 1.29 is 13.2 Å². The van der Waals surface area contributed by atoms with Crippen molar-refractivity contribution in [1.82, 2.24) is 15.2 Å². The van der Waals surface area contributed by atoms with Gasteiger partial charge in [-0.25, -0.2) is 0 Å². The molecule has 0 aliphatic carbocycles. The van der Waals surface area contributed by atoms with Gasteiger partial charge in [-0.2, -0.15) is 13.2 Å². The summed E-state index contributed by atoms with van der Waals surface area (Å²) in [5.74, 6) is 0. The minimum Gasteiger partial charge on any atom is -0.307 e. The predicted octanol–water partition coefficient (Wildman–Crippen LogP) is 2.53. The second-order valence-corrected chi connectivity index (χ2v) is 4.67. The summed E-state index contributed by atoms with van der Waals surface area (Å²) in [5.41, 5.74) is -0.103. The average molecular weight is 275 g/mol. The van der Waals surface area contributed by atoms with E-state index in [2.05, 4.69) is 22.1 Å². The Morgan fingerprint density at radius 3 is 2.53 bits per heavy atom. The molecule has 0 saturated carbocycles. The Bertz CT molecular complexity index is 376. The van der Waals surface area contributed by atoms with Gasteiger partial charge in [-0.3, -0.25) is 4.98 Å². The smallest absolute Gasteiger partial charge is 0.307 e. The van der Waals surface area contributed by atoms with E-state index < -0.39 is 11.7 Å². The van der Waals surface area contributed by atoms with Gasteiger partial charge in [0.05, 0.1) is 11.3 Å². The maximum atomic E-state index is 12.4. The van der Waals surface area contributed by atoms with Gasteiger partial charge in [0.15, 0.2) is 0 Å². The number of pyridine rings is 1. The van der Waals surface area contributed by atoms with Gasteiger partial charge in [-0.1, -0.05) is 6.92 Å². The number of hydrogen-bond donors (Lipinski definition) is 1. The van der Waals surface area contributed by atoms with Crippen LogP contribution in [0.15, 0.2) is 18.3 Å². The summed E-state index contributed by atoms with van der Waals surface area (Å²) < 4.78 is 37.1. The number of aromatic nitrogens is 1. The summed E-state index contributed by atoms with van der Waals surface area (Å²) in [5, 5.41) is 3.24. The highest BCUT2D eigenvalue weighted by Gasteiger charge is 2.30. The Morgan fingerprint density at radius 2 is 2.05 bits per heavy atom. The molecule has 1 rings (SSSR count). The molecule has 0 bridgehead atoms. The van der Waals surface area contributed by atoms with Crippen LogP contribution >= 0.6 is 0 Å². The highest BCUT2D eigenvalue weighted by atomic mass is 19.4. The maximum absolute atomic E-state index is 12.4. The van der Waals surface area contributed by atoms with Crippen LogP contribution in [0.3, 0.4) is 0 Å². The van der Waals surface area contributed by atoms with E-state index in [0.717, 1.165) is 25.4 Å². The number of nitrogens with one attached hydrogen (secondary N) is 1. The van der Waals surface area contributed by atoms with Crippen LogP contribution in [0, 0.1) is 0 Å². The molecule has 1 heterocycles. The van der Waals surface area contributed by atoms with Crippen LogP contribution in [0.4, 0.5) is 13.2 Å². The van der Waals surface area contributed by atoms with Gasteiger partial charge in [0, 0.05) is 25.3 Å². The van der Waals surface area contributed by atoms with E-state index in [0.29, 0.717) is 12.2 Å². The first-order valence-electron chi connectivity index (χ1n) is 6.27. The van der Waals surface area contributed by atoms with E-state index >= 15 is 0 Å². The van der Waals surface area contributed by atoms with Crippen molar-refractivity contribution in [2.45, 2.75) is 32.6 Å². The van der Waals surface area contributed by atoms with Gasteiger partial charge in [-0.15, -0.1) is 0 Å². The van der Waals surface area contributed by atoms with Crippen LogP contribution in [0.1, 0.15) is 25.1 Å². The van der Waals surface area contributed by atoms with Crippen molar-refractivity contribution in [3.8, 4) is 0 Å². The molecule has 0 aromatic carbocycles. The lowest BCUT2D eigenvalue weighted by atomic mass is 10.2. The number of hydrogen-bond acceptors (Lipinski definition) is 3. The van der Waals surface area contributed by atoms with E-state index in [1.807, 2.05) is 14.0 Å². The highest BCUT2D eigenvalue weighted by molar-refractivity contribution is 5.16. The minimum atomic E-state index is -4.32. The normalized spacial score (nSPS) is 13.8. The Morgan fingerprint density at radius 1 is 1.37 bits per heavy atom. The quantitative estimate of drug-likeness (QED) is 0.864. The molecular weight excluding hydrogens is 255 g/mol. The summed E-state index contributed by atoms with van der Waals surface area (Å²) in [6, 6.07) is 2.73. The van der Waals surface area contributed by atoms with Crippen LogP contribution in [0.5, 0.6) is 0 Å². The third-order valence-corrected chi connectivity index (χ3v) is 2.91. The lowest BCUT2D eigenvalue weighted by molar-refractivity contribution is -0.137. The molecule has 108 valence electrons. The molecule has 1 atom stereocenters. The Hall–Kier alpha value is -1.14. The molecule has 0 fully saturated rings. The zero-order chi connectivity index (χ0) is 14.5. The molecule has 0 spiro atoms. The number of rotatable bonds is 6. The molecule has 0 amide bonds. The zero-order valence-electron chi connectivity index (χ0n) is 11.5. The zero-order valence-corrected chi connectivity index (χ0v) is 11.5. The largest absolute Gasteiger partial charge is 0.417 e. The molecule has 1 aromatic rings. The van der Waals surface area contributed by atoms with E-state index in [1.54, 1.807) is 0 Å². The van der Waals surface area contributed by atoms with Gasteiger partial charge in [0.25, 0.3) is 0 Å². The van der Waals surface area contributed by atoms with Crippen molar-refractivity contribution in [3.63, 3.8) is 0 Å². The fraction of sp³-hybridized carbons (Fsp3) is 0.615. The van der Waals surface area contributed by atoms with Crippen LogP contribution in [-0.2, 0) is 12.7 Å². The van der Waals surface area contributed by atoms with Crippen molar-refractivity contribution in [2.24, 2.45) is 0 Å². The predicted molar refractivity (Wildman–Crippen MR) is 68.7 cm³/mol. The first kappa shape index (κ1) is 15.9. The van der Waals surface area contributed by atoms with Crippen LogP contribution in [0.25, 0.3) is 0 Å². The molecule has 1 N–H and O–H groups in total. The third-order valence-electron chi connectivity index (χ3n) is 2.91. The molecule has 6 heteroatoms. The highest BCUT2D eigenvalue weighted by Crippen LogP contribution is 2.28. The topological polar surface area (TPSA) is 28.2 Å². The monoisotopic (exact) mass is 275 g/mol. The maximum Gasteiger partial charge on any atom is 0.417 e. The first-order chi connectivity index (χ1) is 8.82. The first-order valence-corrected chi connectivity index (χ1v) is 6.27. The minimum absolute atomic E-state index is 0.258. The van der Waals surface area contributed by atoms with Crippen molar-refractivity contribution in [1.29, 1.82) is 0 Å². The van der Waals surface area contributed by atoms with Crippen molar-refractivity contribution >= 4 is 0 Å². The van der Waals surface area contributed by atoms with E-state index in [1.165, 1.54) is 6.07 Å². The molecule has 0 aliphatic heterocycles. The second-order valence-electron chi connectivity index (χ2n) is 4.67. The van der Waals surface area contributed by atoms with Crippen molar-refractivity contribution in [2.75, 3.05) is 20.1 Å². The molecule has 0 saturated heterocycles. The summed E-state index contributed by atoms with van der Waals surface area (Å²) in [6.07, 6.45) is -3.45. The van der Waals surface area contributed by atoms with Crippen LogP contribution in [-0.4, -0.2) is 36.1 Å². The Labute approximate surface area is 111 Å². The fourth-order valence-corrected chi connectivity index (χ4v) is 1.64. The average Bonchev–Trinajstić information content (AvgIpc) is 2.35. The molecule has 0 aliphatic rings. The standard InChI is InChI=1S/C13H20F3N3/c1-4-19(3)9-10(2)17-8-12-6-5-11(7-18-12)13(14,15)16/h5-7,10,17H,4,8-9H2,1-3H3. The van der Waals surface area contributed by atoms with E-state index in [9.17, 15) is 13.2 Å². The van der Waals surface area contributed by atoms with Gasteiger partial charge < -0.3 is 10.2 Å². The van der Waals surface area contributed by atoms with Crippen molar-refractivity contribution in [3.05, 3.63) is 29.6 Å². The SMILES string of the molecule is CCN(C)CC(C)NCc1ccc(C(F)(F)F)cn1. The van der Waals surface area contributed by atoms with Gasteiger partial charge in [0.1, 0.15) is 0 Å². The molecular formula is C13H20F3N3. The second kappa shape index (κ2) is 6.86. The molecule has 19 heavy (non-hydrogen) atoms. The molecule has 0 radical (unpaired) electrons. The molecule has 3 nitrogen and oxygen atoms in total. The Balaban J connectivity index is 2.46. The molecule has 1 aromatic heterocycles. The fourth-order valence-electron chi connectivity index (χ4n) is 1.64. The molecule has 1 unspecified atom stereocenters. The Kier molecular flexibility index (Phi) is 5.75.